The van der Waals surface area contributed by atoms with Crippen LogP contribution >= 0.6 is 0 Å². The molecule has 0 bridgehead atoms. The number of aromatic nitrogens is 2. The molecule has 6 nitrogen and oxygen atoms in total. The molecule has 1 fully saturated rings. The number of hydrogen-bond donors (Lipinski definition) is 2. The minimum absolute atomic E-state index is 0.0915. The van der Waals surface area contributed by atoms with Crippen molar-refractivity contribution in [2.24, 2.45) is 0 Å². The lowest BCUT2D eigenvalue weighted by Gasteiger charge is -2.22. The average Bonchev–Trinajstić information content (AvgIpc) is 2.90. The van der Waals surface area contributed by atoms with Gasteiger partial charge in [-0.25, -0.2) is 9.97 Å². The molecule has 1 heterocycles. The van der Waals surface area contributed by atoms with Crippen molar-refractivity contribution in [3.63, 3.8) is 0 Å². The van der Waals surface area contributed by atoms with Crippen molar-refractivity contribution in [3.05, 3.63) is 72.1 Å². The van der Waals surface area contributed by atoms with Crippen molar-refractivity contribution >= 4 is 17.5 Å². The van der Waals surface area contributed by atoms with E-state index in [1.807, 2.05) is 36.7 Å². The van der Waals surface area contributed by atoms with E-state index in [4.69, 9.17) is 0 Å². The van der Waals surface area contributed by atoms with Crippen LogP contribution in [0.4, 0.5) is 11.6 Å². The maximum atomic E-state index is 12.8. The first-order valence-electron chi connectivity index (χ1n) is 12.5. The van der Waals surface area contributed by atoms with Crippen LogP contribution in [0.1, 0.15) is 61.9 Å². The molecule has 0 aliphatic heterocycles. The highest BCUT2D eigenvalue weighted by Crippen LogP contribution is 2.22. The van der Waals surface area contributed by atoms with Crippen LogP contribution in [-0.4, -0.2) is 35.0 Å². The van der Waals surface area contributed by atoms with E-state index in [1.54, 1.807) is 0 Å². The summed E-state index contributed by atoms with van der Waals surface area (Å²) in [6.07, 6.45) is 9.88. The maximum absolute atomic E-state index is 12.8. The Hall–Kier alpha value is -3.41. The SMILES string of the molecule is CCN(CC)c1ccc(CNC(=O)c2cccc(-c3cnc(NC4CCCCC4)nc3)c2)cc1. The van der Waals surface area contributed by atoms with Gasteiger partial charge < -0.3 is 15.5 Å². The maximum Gasteiger partial charge on any atom is 0.251 e. The molecule has 0 atom stereocenters. The molecule has 3 aromatic rings. The van der Waals surface area contributed by atoms with Crippen molar-refractivity contribution in [2.75, 3.05) is 23.3 Å². The lowest BCUT2D eigenvalue weighted by Crippen LogP contribution is -2.23. The van der Waals surface area contributed by atoms with Gasteiger partial charge in [-0.2, -0.15) is 0 Å². The van der Waals surface area contributed by atoms with Gasteiger partial charge in [0.2, 0.25) is 5.95 Å². The second kappa shape index (κ2) is 11.6. The van der Waals surface area contributed by atoms with Gasteiger partial charge in [0, 0.05) is 54.9 Å². The summed E-state index contributed by atoms with van der Waals surface area (Å²) in [7, 11) is 0. The van der Waals surface area contributed by atoms with Gasteiger partial charge >= 0.3 is 0 Å². The fourth-order valence-electron chi connectivity index (χ4n) is 4.52. The molecular formula is C28H35N5O. The van der Waals surface area contributed by atoms with E-state index in [9.17, 15) is 4.79 Å². The van der Waals surface area contributed by atoms with Gasteiger partial charge in [0.05, 0.1) is 0 Å². The van der Waals surface area contributed by atoms with Crippen molar-refractivity contribution < 1.29 is 4.79 Å². The standard InChI is InChI=1S/C28H35N5O/c1-3-33(4-2)26-15-13-21(14-16-26)18-29-27(34)23-10-8-9-22(17-23)24-19-30-28(31-20-24)32-25-11-6-5-7-12-25/h8-10,13-17,19-20,25H,3-7,11-12,18H2,1-2H3,(H,29,34)(H,30,31,32). The zero-order chi connectivity index (χ0) is 23.8. The van der Waals surface area contributed by atoms with Gasteiger partial charge in [-0.1, -0.05) is 43.5 Å². The van der Waals surface area contributed by atoms with Crippen LogP contribution in [0.3, 0.4) is 0 Å². The molecule has 34 heavy (non-hydrogen) atoms. The molecule has 1 aliphatic carbocycles. The summed E-state index contributed by atoms with van der Waals surface area (Å²) in [4.78, 5) is 24.1. The van der Waals surface area contributed by atoms with Gasteiger partial charge in [-0.15, -0.1) is 0 Å². The Bertz CT molecular complexity index is 1050. The van der Waals surface area contributed by atoms with Gasteiger partial charge in [-0.3, -0.25) is 4.79 Å². The molecule has 0 unspecified atom stereocenters. The van der Waals surface area contributed by atoms with Gasteiger partial charge in [0.1, 0.15) is 0 Å². The molecule has 6 heteroatoms. The van der Waals surface area contributed by atoms with Crippen molar-refractivity contribution in [3.8, 4) is 11.1 Å². The number of rotatable bonds is 9. The quantitative estimate of drug-likeness (QED) is 0.434. The minimum Gasteiger partial charge on any atom is -0.372 e. The molecule has 0 saturated heterocycles. The van der Waals surface area contributed by atoms with E-state index in [0.717, 1.165) is 29.8 Å². The molecule has 2 N–H and O–H groups in total. The average molecular weight is 458 g/mol. The van der Waals surface area contributed by atoms with Crippen LogP contribution in [0, 0.1) is 0 Å². The number of carbonyl (C=O) groups is 1. The fourth-order valence-corrected chi connectivity index (χ4v) is 4.52. The molecule has 1 aromatic heterocycles. The second-order valence-corrected chi connectivity index (χ2v) is 8.88. The van der Waals surface area contributed by atoms with E-state index in [-0.39, 0.29) is 5.91 Å². The number of hydrogen-bond acceptors (Lipinski definition) is 5. The molecule has 1 aliphatic rings. The third kappa shape index (κ3) is 6.13. The predicted octanol–water partition coefficient (Wildman–Crippen LogP) is 5.66. The van der Waals surface area contributed by atoms with Crippen LogP contribution in [0.15, 0.2) is 60.9 Å². The Morgan fingerprint density at radius 1 is 0.941 bits per heavy atom. The molecule has 0 spiro atoms. The molecular weight excluding hydrogens is 422 g/mol. The van der Waals surface area contributed by atoms with Crippen LogP contribution < -0.4 is 15.5 Å². The Balaban J connectivity index is 1.35. The Morgan fingerprint density at radius 2 is 1.65 bits per heavy atom. The predicted molar refractivity (Wildman–Crippen MR) is 139 cm³/mol. The smallest absolute Gasteiger partial charge is 0.251 e. The van der Waals surface area contributed by atoms with E-state index in [2.05, 4.69) is 63.6 Å². The Kier molecular flexibility index (Phi) is 8.12. The summed E-state index contributed by atoms with van der Waals surface area (Å²) in [6, 6.07) is 16.5. The Labute approximate surface area is 202 Å². The third-order valence-corrected chi connectivity index (χ3v) is 6.57. The number of amides is 1. The molecule has 178 valence electrons. The Morgan fingerprint density at radius 3 is 2.32 bits per heavy atom. The first-order valence-corrected chi connectivity index (χ1v) is 12.5. The van der Waals surface area contributed by atoms with Crippen LogP contribution in [-0.2, 0) is 6.54 Å². The summed E-state index contributed by atoms with van der Waals surface area (Å²) in [5, 5.41) is 6.48. The number of anilines is 2. The minimum atomic E-state index is -0.0915. The zero-order valence-electron chi connectivity index (χ0n) is 20.3. The van der Waals surface area contributed by atoms with Crippen molar-refractivity contribution in [1.29, 1.82) is 0 Å². The lowest BCUT2D eigenvalue weighted by atomic mass is 9.96. The molecule has 0 radical (unpaired) electrons. The van der Waals surface area contributed by atoms with Crippen LogP contribution in [0.25, 0.3) is 11.1 Å². The van der Waals surface area contributed by atoms with Gasteiger partial charge in [0.25, 0.3) is 5.91 Å². The number of nitrogens with zero attached hydrogens (tertiary/aromatic N) is 3. The highest BCUT2D eigenvalue weighted by molar-refractivity contribution is 5.95. The largest absolute Gasteiger partial charge is 0.372 e. The fraction of sp³-hybridized carbons (Fsp3) is 0.393. The van der Waals surface area contributed by atoms with Gasteiger partial charge in [-0.05, 0) is 62.1 Å². The topological polar surface area (TPSA) is 70.2 Å². The third-order valence-electron chi connectivity index (χ3n) is 6.57. The van der Waals surface area contributed by atoms with E-state index in [0.29, 0.717) is 24.1 Å². The number of nitrogens with one attached hydrogen (secondary N) is 2. The summed E-state index contributed by atoms with van der Waals surface area (Å²) in [5.74, 6) is 0.586. The van der Waals surface area contributed by atoms with E-state index < -0.39 is 0 Å². The highest BCUT2D eigenvalue weighted by atomic mass is 16.1. The van der Waals surface area contributed by atoms with Crippen molar-refractivity contribution in [2.45, 2.75) is 58.5 Å². The summed E-state index contributed by atoms with van der Waals surface area (Å²) >= 11 is 0. The zero-order valence-corrected chi connectivity index (χ0v) is 20.3. The first-order chi connectivity index (χ1) is 16.7. The van der Waals surface area contributed by atoms with E-state index >= 15 is 0 Å². The number of carbonyl (C=O) groups excluding carboxylic acids is 1. The summed E-state index contributed by atoms with van der Waals surface area (Å²) in [6.45, 7) is 6.76. The highest BCUT2D eigenvalue weighted by Gasteiger charge is 2.14. The second-order valence-electron chi connectivity index (χ2n) is 8.88. The molecule has 2 aromatic carbocycles. The molecule has 1 amide bonds. The summed E-state index contributed by atoms with van der Waals surface area (Å²) in [5.41, 5.74) is 4.74. The van der Waals surface area contributed by atoms with Crippen LogP contribution in [0.5, 0.6) is 0 Å². The first kappa shape index (κ1) is 23.7. The van der Waals surface area contributed by atoms with Crippen molar-refractivity contribution in [1.82, 2.24) is 15.3 Å². The monoisotopic (exact) mass is 457 g/mol. The van der Waals surface area contributed by atoms with E-state index in [1.165, 1.54) is 37.8 Å². The molecule has 4 rings (SSSR count). The van der Waals surface area contributed by atoms with Gasteiger partial charge in [0.15, 0.2) is 0 Å². The summed E-state index contributed by atoms with van der Waals surface area (Å²) < 4.78 is 0. The van der Waals surface area contributed by atoms with Crippen LogP contribution in [0.2, 0.25) is 0 Å². The molecule has 1 saturated carbocycles. The lowest BCUT2D eigenvalue weighted by molar-refractivity contribution is 0.0951. The normalized spacial score (nSPS) is 13.9. The number of benzene rings is 2.